The lowest BCUT2D eigenvalue weighted by molar-refractivity contribution is 0.0915. The molecule has 0 aliphatic carbocycles. The van der Waals surface area contributed by atoms with Crippen LogP contribution in [0.2, 0.25) is 0 Å². The van der Waals surface area contributed by atoms with Crippen molar-refractivity contribution in [3.8, 4) is 0 Å². The fourth-order valence-electron chi connectivity index (χ4n) is 1.11. The highest BCUT2D eigenvalue weighted by Gasteiger charge is 2.19. The number of benzene rings is 1. The average molecular weight is 230 g/mol. The molecule has 0 spiro atoms. The standard InChI is InChI=1S/C10H12F2N2O2/c1-5(15)4-14-10(16)8-6(11)2-3-7(13)9(8)12/h2-3,5,15H,4,13H2,1H3,(H,14,16)/t5-/m1/s1. The van der Waals surface area contributed by atoms with Crippen molar-refractivity contribution in [2.75, 3.05) is 12.3 Å². The number of aliphatic hydroxyl groups excluding tert-OH is 1. The van der Waals surface area contributed by atoms with Gasteiger partial charge < -0.3 is 16.2 Å². The molecule has 4 N–H and O–H groups in total. The predicted molar refractivity (Wildman–Crippen MR) is 54.8 cm³/mol. The SMILES string of the molecule is C[C@@H](O)CNC(=O)c1c(F)ccc(N)c1F. The van der Waals surface area contributed by atoms with E-state index in [9.17, 15) is 13.6 Å². The van der Waals surface area contributed by atoms with Crippen molar-refractivity contribution in [2.45, 2.75) is 13.0 Å². The number of amides is 1. The van der Waals surface area contributed by atoms with E-state index in [0.29, 0.717) is 0 Å². The van der Waals surface area contributed by atoms with Gasteiger partial charge in [0.25, 0.3) is 5.91 Å². The van der Waals surface area contributed by atoms with Gasteiger partial charge in [0.1, 0.15) is 11.4 Å². The summed E-state index contributed by atoms with van der Waals surface area (Å²) < 4.78 is 26.5. The first-order chi connectivity index (χ1) is 7.43. The number of hydrogen-bond acceptors (Lipinski definition) is 3. The molecule has 6 heteroatoms. The summed E-state index contributed by atoms with van der Waals surface area (Å²) in [5.41, 5.74) is 4.17. The number of carbonyl (C=O) groups excluding carboxylic acids is 1. The summed E-state index contributed by atoms with van der Waals surface area (Å²) in [5.74, 6) is -3.03. The van der Waals surface area contributed by atoms with Crippen LogP contribution >= 0.6 is 0 Å². The maximum atomic E-state index is 13.3. The van der Waals surface area contributed by atoms with Crippen molar-refractivity contribution in [1.82, 2.24) is 5.32 Å². The molecule has 1 amide bonds. The minimum Gasteiger partial charge on any atom is -0.396 e. The number of nitrogens with one attached hydrogen (secondary N) is 1. The molecular weight excluding hydrogens is 218 g/mol. The Bertz CT molecular complexity index is 408. The molecule has 0 saturated carbocycles. The van der Waals surface area contributed by atoms with E-state index in [4.69, 9.17) is 10.8 Å². The minimum absolute atomic E-state index is 0.0908. The number of nitrogens with two attached hydrogens (primary N) is 1. The first kappa shape index (κ1) is 12.4. The molecule has 1 atom stereocenters. The first-order valence-electron chi connectivity index (χ1n) is 4.63. The van der Waals surface area contributed by atoms with E-state index in [0.717, 1.165) is 12.1 Å². The Kier molecular flexibility index (Phi) is 3.78. The molecule has 16 heavy (non-hydrogen) atoms. The molecule has 0 saturated heterocycles. The smallest absolute Gasteiger partial charge is 0.257 e. The van der Waals surface area contributed by atoms with Gasteiger partial charge in [-0.2, -0.15) is 0 Å². The first-order valence-corrected chi connectivity index (χ1v) is 4.63. The van der Waals surface area contributed by atoms with E-state index >= 15 is 0 Å². The van der Waals surface area contributed by atoms with Gasteiger partial charge in [0.05, 0.1) is 11.8 Å². The van der Waals surface area contributed by atoms with Gasteiger partial charge in [0.2, 0.25) is 0 Å². The van der Waals surface area contributed by atoms with Crippen LogP contribution < -0.4 is 11.1 Å². The van der Waals surface area contributed by atoms with Crippen molar-refractivity contribution in [1.29, 1.82) is 0 Å². The Morgan fingerprint density at radius 3 is 2.75 bits per heavy atom. The summed E-state index contributed by atoms with van der Waals surface area (Å²) in [6.45, 7) is 1.35. The van der Waals surface area contributed by atoms with Crippen molar-refractivity contribution in [2.24, 2.45) is 0 Å². The number of rotatable bonds is 3. The monoisotopic (exact) mass is 230 g/mol. The van der Waals surface area contributed by atoms with Gasteiger partial charge in [-0.1, -0.05) is 0 Å². The summed E-state index contributed by atoms with van der Waals surface area (Å²) >= 11 is 0. The van der Waals surface area contributed by atoms with Crippen LogP contribution in [0.3, 0.4) is 0 Å². The molecular formula is C10H12F2N2O2. The number of halogens is 2. The van der Waals surface area contributed by atoms with Crippen LogP contribution in [-0.4, -0.2) is 23.7 Å². The Hall–Kier alpha value is -1.69. The summed E-state index contributed by atoms with van der Waals surface area (Å²) in [6.07, 6.45) is -0.795. The molecule has 0 aliphatic rings. The number of anilines is 1. The lowest BCUT2D eigenvalue weighted by Gasteiger charge is -2.09. The highest BCUT2D eigenvalue weighted by molar-refractivity contribution is 5.95. The van der Waals surface area contributed by atoms with Crippen LogP contribution in [0.4, 0.5) is 14.5 Å². The summed E-state index contributed by atoms with van der Waals surface area (Å²) in [4.78, 5) is 11.4. The van der Waals surface area contributed by atoms with Gasteiger partial charge in [-0.05, 0) is 19.1 Å². The summed E-state index contributed by atoms with van der Waals surface area (Å²) in [6, 6.07) is 1.95. The zero-order valence-corrected chi connectivity index (χ0v) is 8.63. The van der Waals surface area contributed by atoms with Gasteiger partial charge in [-0.25, -0.2) is 8.78 Å². The second kappa shape index (κ2) is 4.89. The Labute approximate surface area is 91.1 Å². The average Bonchev–Trinajstić information content (AvgIpc) is 2.21. The van der Waals surface area contributed by atoms with Crippen LogP contribution in [0.1, 0.15) is 17.3 Å². The zero-order valence-electron chi connectivity index (χ0n) is 8.63. The van der Waals surface area contributed by atoms with Crippen LogP contribution in [0.5, 0.6) is 0 Å². The molecule has 0 heterocycles. The second-order valence-electron chi connectivity index (χ2n) is 3.38. The molecule has 0 aromatic heterocycles. The van der Waals surface area contributed by atoms with E-state index in [1.807, 2.05) is 0 Å². The molecule has 0 bridgehead atoms. The molecule has 0 aliphatic heterocycles. The largest absolute Gasteiger partial charge is 0.396 e. The third kappa shape index (κ3) is 2.66. The van der Waals surface area contributed by atoms with Crippen LogP contribution in [0.15, 0.2) is 12.1 Å². The molecule has 0 radical (unpaired) electrons. The van der Waals surface area contributed by atoms with E-state index < -0.39 is 29.2 Å². The fourth-order valence-corrected chi connectivity index (χ4v) is 1.11. The second-order valence-corrected chi connectivity index (χ2v) is 3.38. The van der Waals surface area contributed by atoms with Gasteiger partial charge in [0.15, 0.2) is 5.82 Å². The Morgan fingerprint density at radius 2 is 2.19 bits per heavy atom. The molecule has 1 aromatic rings. The van der Waals surface area contributed by atoms with Crippen LogP contribution in [-0.2, 0) is 0 Å². The number of aliphatic hydroxyl groups is 1. The highest BCUT2D eigenvalue weighted by Crippen LogP contribution is 2.18. The van der Waals surface area contributed by atoms with Gasteiger partial charge in [0, 0.05) is 6.54 Å². The number of nitrogen functional groups attached to an aromatic ring is 1. The molecule has 1 rings (SSSR count). The van der Waals surface area contributed by atoms with Gasteiger partial charge >= 0.3 is 0 Å². The molecule has 1 aromatic carbocycles. The lowest BCUT2D eigenvalue weighted by Crippen LogP contribution is -2.32. The molecule has 88 valence electrons. The molecule has 0 fully saturated rings. The summed E-state index contributed by atoms with van der Waals surface area (Å²) in [7, 11) is 0. The third-order valence-electron chi connectivity index (χ3n) is 1.91. The maximum Gasteiger partial charge on any atom is 0.257 e. The van der Waals surface area contributed by atoms with Crippen molar-refractivity contribution in [3.63, 3.8) is 0 Å². The lowest BCUT2D eigenvalue weighted by atomic mass is 10.1. The number of carbonyl (C=O) groups is 1. The quantitative estimate of drug-likeness (QED) is 0.667. The van der Waals surface area contributed by atoms with Gasteiger partial charge in [-0.3, -0.25) is 4.79 Å². The van der Waals surface area contributed by atoms with Crippen LogP contribution in [0, 0.1) is 11.6 Å². The van der Waals surface area contributed by atoms with Crippen molar-refractivity contribution < 1.29 is 18.7 Å². The zero-order chi connectivity index (χ0) is 12.3. The topological polar surface area (TPSA) is 75.3 Å². The minimum atomic E-state index is -1.09. The van der Waals surface area contributed by atoms with E-state index in [-0.39, 0.29) is 12.2 Å². The van der Waals surface area contributed by atoms with E-state index in [1.165, 1.54) is 6.92 Å². The Morgan fingerprint density at radius 1 is 1.56 bits per heavy atom. The Balaban J connectivity index is 2.95. The van der Waals surface area contributed by atoms with Crippen molar-refractivity contribution >= 4 is 11.6 Å². The fraction of sp³-hybridized carbons (Fsp3) is 0.300. The van der Waals surface area contributed by atoms with Crippen molar-refractivity contribution in [3.05, 3.63) is 29.3 Å². The molecule has 4 nitrogen and oxygen atoms in total. The van der Waals surface area contributed by atoms with E-state index in [2.05, 4.69) is 5.32 Å². The predicted octanol–water partition coefficient (Wildman–Crippen LogP) is 0.658. The summed E-state index contributed by atoms with van der Waals surface area (Å²) in [5, 5.41) is 11.1. The maximum absolute atomic E-state index is 13.3. The normalized spacial score (nSPS) is 12.2. The third-order valence-corrected chi connectivity index (χ3v) is 1.91. The highest BCUT2D eigenvalue weighted by atomic mass is 19.1. The molecule has 0 unspecified atom stereocenters. The van der Waals surface area contributed by atoms with Gasteiger partial charge in [-0.15, -0.1) is 0 Å². The van der Waals surface area contributed by atoms with E-state index in [1.54, 1.807) is 0 Å². The number of hydrogen-bond donors (Lipinski definition) is 3. The van der Waals surface area contributed by atoms with Crippen LogP contribution in [0.25, 0.3) is 0 Å².